The summed E-state index contributed by atoms with van der Waals surface area (Å²) < 4.78 is 5.94. The van der Waals surface area contributed by atoms with Gasteiger partial charge in [0.15, 0.2) is 0 Å². The van der Waals surface area contributed by atoms with E-state index in [9.17, 15) is 19.5 Å². The first-order valence-electron chi connectivity index (χ1n) is 12.6. The number of likely N-dealkylation sites (tertiary alicyclic amines) is 1. The van der Waals surface area contributed by atoms with Crippen LogP contribution in [0.5, 0.6) is 11.5 Å². The second-order valence-corrected chi connectivity index (χ2v) is 10.5. The van der Waals surface area contributed by atoms with E-state index in [1.165, 1.54) is 11.0 Å². The molecule has 1 fully saturated rings. The number of nitrogens with zero attached hydrogens (tertiary/aromatic N) is 3. The number of urea groups is 1. The van der Waals surface area contributed by atoms with Gasteiger partial charge in [-0.05, 0) is 55.0 Å². The van der Waals surface area contributed by atoms with Crippen LogP contribution in [0.4, 0.5) is 21.9 Å². The van der Waals surface area contributed by atoms with Crippen molar-refractivity contribution >= 4 is 56.5 Å². The highest BCUT2D eigenvalue weighted by Gasteiger charge is 2.37. The number of β-amino-alcohol motifs (C(OH)–C–C–N with tert-alkyl or cyclic N) is 1. The minimum atomic E-state index is -0.922. The Labute approximate surface area is 233 Å². The number of hydrogen-bond donors (Lipinski definition) is 3. The zero-order chi connectivity index (χ0) is 28.0. The molecular formula is C29H25N5O5S. The minimum Gasteiger partial charge on any atom is -0.457 e. The molecule has 4 heterocycles. The van der Waals surface area contributed by atoms with Gasteiger partial charge in [-0.25, -0.2) is 9.78 Å². The number of hydrogen-bond acceptors (Lipinski definition) is 7. The van der Waals surface area contributed by atoms with Crippen molar-refractivity contribution in [2.24, 2.45) is 0 Å². The van der Waals surface area contributed by atoms with Crippen LogP contribution in [-0.2, 0) is 4.79 Å². The van der Waals surface area contributed by atoms with Crippen LogP contribution < -0.4 is 20.3 Å². The summed E-state index contributed by atoms with van der Waals surface area (Å²) in [4.78, 5) is 47.1. The average Bonchev–Trinajstić information content (AvgIpc) is 3.50. The Balaban J connectivity index is 1.30. The molecule has 2 aromatic heterocycles. The monoisotopic (exact) mass is 555 g/mol. The number of thiophene rings is 1. The minimum absolute atomic E-state index is 0.0982. The molecule has 0 saturated carbocycles. The van der Waals surface area contributed by atoms with Crippen LogP contribution in [0.3, 0.4) is 0 Å². The van der Waals surface area contributed by atoms with Crippen LogP contribution in [0.2, 0.25) is 0 Å². The van der Waals surface area contributed by atoms with Crippen LogP contribution in [0, 0.1) is 6.92 Å². The fraction of sp³-hybridized carbons (Fsp3) is 0.172. The highest BCUT2D eigenvalue weighted by atomic mass is 32.1. The summed E-state index contributed by atoms with van der Waals surface area (Å²) in [6, 6.07) is 15.6. The highest BCUT2D eigenvalue weighted by molar-refractivity contribution is 7.21. The lowest BCUT2D eigenvalue weighted by atomic mass is 10.1. The summed E-state index contributed by atoms with van der Waals surface area (Å²) >= 11 is 1.15. The zero-order valence-corrected chi connectivity index (χ0v) is 22.3. The Hall–Kier alpha value is -4.74. The standard InChI is InChI=1S/C29H25N5O5S/c1-3-23(36)33-14-19(22(35)15-33)31-27(37)26-25-24-21(11-12-30-28(24)40-26)34(29(38)32-25)20-10-9-18(13-16(20)2)39-17-7-5-4-6-8-17/h3-13,19,22,35H,1,14-15H2,2H3,(H,31,37)(H,32,38)/t19-,22?/m0/s1. The van der Waals surface area contributed by atoms with Crippen molar-refractivity contribution in [2.45, 2.75) is 19.1 Å². The molecule has 2 atom stereocenters. The molecule has 6 rings (SSSR count). The molecule has 0 radical (unpaired) electrons. The van der Waals surface area contributed by atoms with Gasteiger partial charge >= 0.3 is 6.03 Å². The van der Waals surface area contributed by atoms with Gasteiger partial charge in [0.05, 0.1) is 34.6 Å². The van der Waals surface area contributed by atoms with Gasteiger partial charge in [-0.3, -0.25) is 14.5 Å². The van der Waals surface area contributed by atoms with Crippen molar-refractivity contribution in [3.63, 3.8) is 0 Å². The summed E-state index contributed by atoms with van der Waals surface area (Å²) in [5.74, 6) is 0.569. The van der Waals surface area contributed by atoms with E-state index >= 15 is 0 Å². The van der Waals surface area contributed by atoms with Gasteiger partial charge in [0.2, 0.25) is 5.91 Å². The van der Waals surface area contributed by atoms with E-state index in [2.05, 4.69) is 22.2 Å². The van der Waals surface area contributed by atoms with Crippen molar-refractivity contribution in [2.75, 3.05) is 23.3 Å². The number of ether oxygens (including phenoxy) is 1. The molecule has 10 nitrogen and oxygen atoms in total. The summed E-state index contributed by atoms with van der Waals surface area (Å²) in [6.45, 7) is 5.62. The molecule has 1 unspecified atom stereocenters. The Morgan fingerprint density at radius 1 is 1.15 bits per heavy atom. The lowest BCUT2D eigenvalue weighted by Gasteiger charge is -2.29. The number of para-hydroxylation sites is 1. The molecule has 11 heteroatoms. The van der Waals surface area contributed by atoms with Gasteiger partial charge in [-0.1, -0.05) is 24.8 Å². The molecule has 202 valence electrons. The van der Waals surface area contributed by atoms with E-state index in [0.717, 1.165) is 16.9 Å². The molecule has 0 aliphatic carbocycles. The van der Waals surface area contributed by atoms with Crippen LogP contribution in [0.25, 0.3) is 10.2 Å². The molecule has 0 bridgehead atoms. The first kappa shape index (κ1) is 25.5. The smallest absolute Gasteiger partial charge is 0.331 e. The highest BCUT2D eigenvalue weighted by Crippen LogP contribution is 2.46. The van der Waals surface area contributed by atoms with Crippen LogP contribution in [-0.4, -0.2) is 58.1 Å². The lowest BCUT2D eigenvalue weighted by molar-refractivity contribution is -0.125. The third kappa shape index (κ3) is 4.44. The SMILES string of the molecule is C=CC(=O)N1CC(O)[C@@H](NC(=O)c2sc3nccc4c3c2NC(=O)N4c2ccc(Oc3ccccc3)cc2C)C1. The van der Waals surface area contributed by atoms with Crippen molar-refractivity contribution in [3.05, 3.63) is 83.9 Å². The van der Waals surface area contributed by atoms with Crippen molar-refractivity contribution in [1.82, 2.24) is 15.2 Å². The third-order valence-electron chi connectivity index (χ3n) is 6.93. The number of benzene rings is 2. The fourth-order valence-electron chi connectivity index (χ4n) is 5.02. The summed E-state index contributed by atoms with van der Waals surface area (Å²) in [5.41, 5.74) is 2.45. The van der Waals surface area contributed by atoms with Gasteiger partial charge in [0.1, 0.15) is 21.2 Å². The first-order valence-corrected chi connectivity index (χ1v) is 13.4. The topological polar surface area (TPSA) is 124 Å². The van der Waals surface area contributed by atoms with Crippen molar-refractivity contribution in [1.29, 1.82) is 0 Å². The third-order valence-corrected chi connectivity index (χ3v) is 8.03. The van der Waals surface area contributed by atoms with Crippen molar-refractivity contribution in [3.8, 4) is 11.5 Å². The maximum atomic E-state index is 13.5. The van der Waals surface area contributed by atoms with Crippen LogP contribution in [0.1, 0.15) is 15.2 Å². The Kier molecular flexibility index (Phi) is 6.45. The number of rotatable bonds is 6. The number of pyridine rings is 1. The number of carbonyl (C=O) groups is 3. The van der Waals surface area contributed by atoms with Crippen LogP contribution >= 0.6 is 11.3 Å². The van der Waals surface area contributed by atoms with E-state index in [0.29, 0.717) is 38.8 Å². The molecule has 1 saturated heterocycles. The number of amides is 4. The van der Waals surface area contributed by atoms with E-state index in [1.807, 2.05) is 49.4 Å². The van der Waals surface area contributed by atoms with E-state index < -0.39 is 24.1 Å². The second-order valence-electron chi connectivity index (χ2n) is 9.54. The summed E-state index contributed by atoms with van der Waals surface area (Å²) in [5, 5.41) is 16.8. The Morgan fingerprint density at radius 2 is 1.95 bits per heavy atom. The maximum absolute atomic E-state index is 13.5. The second kappa shape index (κ2) is 10.1. The molecule has 3 N–H and O–H groups in total. The molecule has 0 spiro atoms. The Bertz CT molecular complexity index is 1670. The number of aryl methyl sites for hydroxylation is 1. The zero-order valence-electron chi connectivity index (χ0n) is 21.5. The summed E-state index contributed by atoms with van der Waals surface area (Å²) in [7, 11) is 0. The predicted molar refractivity (Wildman–Crippen MR) is 153 cm³/mol. The number of carbonyl (C=O) groups excluding carboxylic acids is 3. The molecule has 4 aromatic rings. The van der Waals surface area contributed by atoms with Crippen LogP contribution in [0.15, 0.2) is 73.4 Å². The normalized spacial score (nSPS) is 18.0. The molecule has 40 heavy (non-hydrogen) atoms. The van der Waals surface area contributed by atoms with Crippen molar-refractivity contribution < 1.29 is 24.2 Å². The van der Waals surface area contributed by atoms with Gasteiger partial charge in [0.25, 0.3) is 5.91 Å². The number of aliphatic hydroxyl groups is 1. The first-order chi connectivity index (χ1) is 19.3. The maximum Gasteiger partial charge on any atom is 0.331 e. The van der Waals surface area contributed by atoms with Gasteiger partial charge in [0, 0.05) is 19.3 Å². The fourth-order valence-corrected chi connectivity index (χ4v) is 6.04. The largest absolute Gasteiger partial charge is 0.457 e. The number of aliphatic hydroxyl groups excluding tert-OH is 1. The van der Waals surface area contributed by atoms with Gasteiger partial charge in [-0.2, -0.15) is 0 Å². The summed E-state index contributed by atoms with van der Waals surface area (Å²) in [6.07, 6.45) is 1.86. The molecule has 2 aromatic carbocycles. The van der Waals surface area contributed by atoms with E-state index in [-0.39, 0.29) is 23.9 Å². The van der Waals surface area contributed by atoms with E-state index in [4.69, 9.17) is 4.74 Å². The quantitative estimate of drug-likeness (QED) is 0.300. The number of nitrogens with one attached hydrogen (secondary N) is 2. The predicted octanol–water partition coefficient (Wildman–Crippen LogP) is 4.57. The lowest BCUT2D eigenvalue weighted by Crippen LogP contribution is -2.43. The van der Waals surface area contributed by atoms with Gasteiger partial charge in [-0.15, -0.1) is 11.3 Å². The average molecular weight is 556 g/mol. The van der Waals surface area contributed by atoms with Gasteiger partial charge < -0.3 is 25.4 Å². The van der Waals surface area contributed by atoms with E-state index in [1.54, 1.807) is 23.2 Å². The number of aromatic nitrogens is 1. The molecular weight excluding hydrogens is 530 g/mol. The molecule has 4 amide bonds. The molecule has 2 aliphatic rings. The Morgan fingerprint density at radius 3 is 2.70 bits per heavy atom. The molecule has 2 aliphatic heterocycles. The number of anilines is 3.